The summed E-state index contributed by atoms with van der Waals surface area (Å²) < 4.78 is 36.3. The summed E-state index contributed by atoms with van der Waals surface area (Å²) in [6, 6.07) is 0. The van der Waals surface area contributed by atoms with E-state index in [9.17, 15) is 23.8 Å². The zero-order valence-corrected chi connectivity index (χ0v) is 25.8. The van der Waals surface area contributed by atoms with Crippen LogP contribution in [0.1, 0.15) is 137 Å². The summed E-state index contributed by atoms with van der Waals surface area (Å²) in [6.45, 7) is 7.40. The van der Waals surface area contributed by atoms with Crippen molar-refractivity contribution in [2.45, 2.75) is 154 Å². The van der Waals surface area contributed by atoms with Crippen LogP contribution in [0.3, 0.4) is 0 Å². The molecule has 7 nitrogen and oxygen atoms in total. The SMILES string of the molecule is CCCCCCCCCCCCS(=O)C(CCCCCCC)C(C)OCC(O)(C(=O)O)[P+](=O)OCCC. The number of carboxylic acid groups (broad SMARTS) is 1. The molecule has 5 unspecified atom stereocenters. The van der Waals surface area contributed by atoms with Crippen molar-refractivity contribution in [3.63, 3.8) is 0 Å². The van der Waals surface area contributed by atoms with Gasteiger partial charge >= 0.3 is 19.3 Å². The van der Waals surface area contributed by atoms with Crippen LogP contribution in [0.25, 0.3) is 0 Å². The molecule has 2 N–H and O–H groups in total. The summed E-state index contributed by atoms with van der Waals surface area (Å²) in [7, 11) is -3.99. The first kappa shape index (κ1) is 36.6. The molecular formula is C28H56O7PS+. The van der Waals surface area contributed by atoms with Crippen LogP contribution >= 0.6 is 8.03 Å². The third-order valence-electron chi connectivity index (χ3n) is 6.76. The highest BCUT2D eigenvalue weighted by Gasteiger charge is 2.58. The van der Waals surface area contributed by atoms with E-state index in [4.69, 9.17) is 9.26 Å². The van der Waals surface area contributed by atoms with Crippen LogP contribution in [0.5, 0.6) is 0 Å². The van der Waals surface area contributed by atoms with E-state index in [0.717, 1.165) is 51.4 Å². The molecule has 37 heavy (non-hydrogen) atoms. The number of aliphatic carboxylic acids is 1. The molecule has 0 aromatic carbocycles. The average molecular weight is 568 g/mol. The number of ether oxygens (including phenoxy) is 1. The molecule has 0 aromatic heterocycles. The van der Waals surface area contributed by atoms with Gasteiger partial charge in [-0.3, -0.25) is 4.21 Å². The Balaban J connectivity index is 4.79. The maximum atomic E-state index is 13.2. The summed E-state index contributed by atoms with van der Waals surface area (Å²) in [5.74, 6) is -1.04. The van der Waals surface area contributed by atoms with Gasteiger partial charge in [-0.2, -0.15) is 0 Å². The van der Waals surface area contributed by atoms with Crippen molar-refractivity contribution in [3.05, 3.63) is 0 Å². The smallest absolute Gasteiger partial charge is 0.476 e. The van der Waals surface area contributed by atoms with Crippen LogP contribution in [0.4, 0.5) is 0 Å². The van der Waals surface area contributed by atoms with Crippen LogP contribution in [0, 0.1) is 0 Å². The predicted octanol–water partition coefficient (Wildman–Crippen LogP) is 7.73. The van der Waals surface area contributed by atoms with E-state index in [1.54, 1.807) is 13.8 Å². The van der Waals surface area contributed by atoms with Gasteiger partial charge < -0.3 is 14.9 Å². The molecule has 0 heterocycles. The van der Waals surface area contributed by atoms with Crippen LogP contribution in [0.15, 0.2) is 0 Å². The highest BCUT2D eigenvalue weighted by atomic mass is 32.2. The number of hydrogen-bond acceptors (Lipinski definition) is 6. The lowest BCUT2D eigenvalue weighted by atomic mass is 10.1. The second-order valence-corrected chi connectivity index (χ2v) is 13.5. The van der Waals surface area contributed by atoms with Gasteiger partial charge in [0.05, 0.1) is 11.4 Å². The third-order valence-corrected chi connectivity index (χ3v) is 10.1. The number of hydrogen-bond donors (Lipinski definition) is 2. The summed E-state index contributed by atoms with van der Waals surface area (Å²) >= 11 is 0. The van der Waals surface area contributed by atoms with Crippen molar-refractivity contribution in [3.8, 4) is 0 Å². The molecule has 9 heteroatoms. The van der Waals surface area contributed by atoms with E-state index in [0.29, 0.717) is 12.2 Å². The van der Waals surface area contributed by atoms with Gasteiger partial charge in [0.2, 0.25) is 0 Å². The Hall–Kier alpha value is -0.400. The second-order valence-electron chi connectivity index (χ2n) is 10.2. The van der Waals surface area contributed by atoms with E-state index in [2.05, 4.69) is 13.8 Å². The molecule has 0 saturated heterocycles. The van der Waals surface area contributed by atoms with Crippen LogP contribution < -0.4 is 0 Å². The quantitative estimate of drug-likeness (QED) is 0.0772. The second kappa shape index (κ2) is 23.5. The zero-order chi connectivity index (χ0) is 27.9. The number of unbranched alkanes of at least 4 members (excludes halogenated alkanes) is 13. The molecule has 0 aromatic rings. The first-order valence-corrected chi connectivity index (χ1v) is 17.3. The fourth-order valence-corrected chi connectivity index (χ4v) is 6.87. The molecule has 220 valence electrons. The van der Waals surface area contributed by atoms with Gasteiger partial charge in [0.1, 0.15) is 13.2 Å². The maximum Gasteiger partial charge on any atom is 0.558 e. The van der Waals surface area contributed by atoms with Crippen LogP contribution in [-0.4, -0.2) is 56.1 Å². The van der Waals surface area contributed by atoms with Crippen molar-refractivity contribution in [2.75, 3.05) is 19.0 Å². The molecule has 0 amide bonds. The molecule has 0 aliphatic carbocycles. The Labute approximate surface area is 230 Å². The number of carbonyl (C=O) groups is 1. The zero-order valence-electron chi connectivity index (χ0n) is 24.1. The van der Waals surface area contributed by atoms with Crippen molar-refractivity contribution in [2.24, 2.45) is 0 Å². The highest BCUT2D eigenvalue weighted by molar-refractivity contribution is 7.85. The lowest BCUT2D eigenvalue weighted by Gasteiger charge is -2.25. The van der Waals surface area contributed by atoms with E-state index < -0.39 is 42.8 Å². The fourth-order valence-electron chi connectivity index (χ4n) is 4.24. The first-order valence-electron chi connectivity index (χ1n) is 14.8. The van der Waals surface area contributed by atoms with E-state index in [1.807, 2.05) is 0 Å². The van der Waals surface area contributed by atoms with E-state index in [1.165, 1.54) is 51.4 Å². The minimum atomic E-state index is -2.87. The van der Waals surface area contributed by atoms with Crippen LogP contribution in [0.2, 0.25) is 0 Å². The molecule has 0 spiro atoms. The normalized spacial score (nSPS) is 16.2. The monoisotopic (exact) mass is 567 g/mol. The first-order chi connectivity index (χ1) is 17.7. The minimum Gasteiger partial charge on any atom is -0.476 e. The Bertz CT molecular complexity index is 619. The van der Waals surface area contributed by atoms with Gasteiger partial charge in [0.25, 0.3) is 0 Å². The summed E-state index contributed by atoms with van der Waals surface area (Å²) in [4.78, 5) is 11.7. The molecule has 0 fully saturated rings. The lowest BCUT2D eigenvalue weighted by Crippen LogP contribution is -2.43. The van der Waals surface area contributed by atoms with E-state index in [-0.39, 0.29) is 11.9 Å². The molecule has 0 rings (SSSR count). The Morgan fingerprint density at radius 3 is 1.81 bits per heavy atom. The van der Waals surface area contributed by atoms with E-state index >= 15 is 0 Å². The largest absolute Gasteiger partial charge is 0.558 e. The standard InChI is InChI=1S/C28H55O7PS/c1-5-8-10-12-13-14-15-16-18-20-23-37(33)26(21-19-17-11-9-6-2)25(4)34-24-28(31,27(29)30)36(32)35-22-7-3/h25-26,31H,5-24H2,1-4H3/p+1. The van der Waals surface area contributed by atoms with Gasteiger partial charge in [-0.1, -0.05) is 111 Å². The van der Waals surface area contributed by atoms with Gasteiger partial charge in [0.15, 0.2) is 0 Å². The molecular weight excluding hydrogens is 511 g/mol. The minimum absolute atomic E-state index is 0.0869. The summed E-state index contributed by atoms with van der Waals surface area (Å²) in [6.07, 6.45) is 18.4. The molecule has 5 atom stereocenters. The number of carboxylic acids is 1. The fraction of sp³-hybridized carbons (Fsp3) is 0.964. The Morgan fingerprint density at radius 1 is 0.838 bits per heavy atom. The molecule has 0 bridgehead atoms. The number of rotatable bonds is 27. The van der Waals surface area contributed by atoms with Crippen molar-refractivity contribution in [1.29, 1.82) is 0 Å². The summed E-state index contributed by atoms with van der Waals surface area (Å²) in [5.41, 5.74) is 0. The molecule has 0 aliphatic rings. The van der Waals surface area contributed by atoms with Crippen molar-refractivity contribution in [1.82, 2.24) is 0 Å². The van der Waals surface area contributed by atoms with Gasteiger partial charge in [-0.05, 0) is 30.8 Å². The highest BCUT2D eigenvalue weighted by Crippen LogP contribution is 2.39. The van der Waals surface area contributed by atoms with Crippen molar-refractivity contribution < 1.29 is 33.0 Å². The number of aliphatic hydroxyl groups is 1. The lowest BCUT2D eigenvalue weighted by molar-refractivity contribution is -0.156. The van der Waals surface area contributed by atoms with Gasteiger partial charge in [-0.15, -0.1) is 4.52 Å². The summed E-state index contributed by atoms with van der Waals surface area (Å²) in [5, 5.41) is 17.1. The van der Waals surface area contributed by atoms with Crippen molar-refractivity contribution >= 4 is 24.8 Å². The third kappa shape index (κ3) is 17.0. The topological polar surface area (TPSA) is 110 Å². The van der Waals surface area contributed by atoms with Crippen LogP contribution in [-0.2, 0) is 29.4 Å². The Morgan fingerprint density at radius 2 is 1.32 bits per heavy atom. The van der Waals surface area contributed by atoms with Gasteiger partial charge in [0, 0.05) is 16.6 Å². The Kier molecular flexibility index (Phi) is 23.2. The molecule has 0 radical (unpaired) electrons. The predicted molar refractivity (Wildman–Crippen MR) is 154 cm³/mol. The molecule has 0 saturated carbocycles. The maximum absolute atomic E-state index is 13.2. The van der Waals surface area contributed by atoms with Gasteiger partial charge in [-0.25, -0.2) is 4.79 Å². The average Bonchev–Trinajstić information content (AvgIpc) is 2.88. The molecule has 0 aliphatic heterocycles.